The van der Waals surface area contributed by atoms with Crippen LogP contribution in [0.3, 0.4) is 0 Å². The molecule has 0 saturated carbocycles. The van der Waals surface area contributed by atoms with Crippen LogP contribution in [-0.4, -0.2) is 28.0 Å². The van der Waals surface area contributed by atoms with Gasteiger partial charge in [0.1, 0.15) is 5.82 Å². The van der Waals surface area contributed by atoms with Crippen molar-refractivity contribution in [3.05, 3.63) is 27.9 Å². The lowest BCUT2D eigenvalue weighted by molar-refractivity contribution is 0.585. The molecule has 2 heterocycles. The Morgan fingerprint density at radius 1 is 1.64 bits per heavy atom. The fourth-order valence-corrected chi connectivity index (χ4v) is 2.47. The number of aromatic amines is 1. The monoisotopic (exact) mass is 211 g/mol. The van der Waals surface area contributed by atoms with Crippen molar-refractivity contribution in [2.24, 2.45) is 0 Å². The number of H-pyrrole nitrogens is 1. The second-order valence-electron chi connectivity index (χ2n) is 3.33. The van der Waals surface area contributed by atoms with Crippen molar-refractivity contribution in [3.63, 3.8) is 0 Å². The minimum Gasteiger partial charge on any atom is -0.311 e. The van der Waals surface area contributed by atoms with E-state index in [1.165, 1.54) is 0 Å². The van der Waals surface area contributed by atoms with Crippen LogP contribution in [-0.2, 0) is 0 Å². The van der Waals surface area contributed by atoms with Gasteiger partial charge in [0.05, 0.1) is 5.56 Å². The van der Waals surface area contributed by atoms with E-state index in [0.717, 1.165) is 23.6 Å². The molecule has 1 aromatic heterocycles. The van der Waals surface area contributed by atoms with Crippen molar-refractivity contribution in [2.75, 3.05) is 18.1 Å². The quantitative estimate of drug-likeness (QED) is 0.708. The van der Waals surface area contributed by atoms with Gasteiger partial charge in [-0.05, 0) is 6.92 Å². The van der Waals surface area contributed by atoms with E-state index in [-0.39, 0.29) is 11.6 Å². The van der Waals surface area contributed by atoms with Gasteiger partial charge in [-0.15, -0.1) is 0 Å². The molecule has 1 aliphatic heterocycles. The van der Waals surface area contributed by atoms with Gasteiger partial charge < -0.3 is 10.3 Å². The van der Waals surface area contributed by atoms with E-state index < -0.39 is 0 Å². The average Bonchev–Trinajstić information content (AvgIpc) is 2.19. The summed E-state index contributed by atoms with van der Waals surface area (Å²) in [6.07, 6.45) is 1.68. The number of rotatable bonds is 1. The third-order valence-electron chi connectivity index (χ3n) is 2.25. The molecule has 1 aromatic rings. The van der Waals surface area contributed by atoms with E-state index in [2.05, 4.69) is 15.3 Å². The molecule has 0 aromatic carbocycles. The first-order valence-corrected chi connectivity index (χ1v) is 5.80. The lowest BCUT2D eigenvalue weighted by Gasteiger charge is -2.22. The molecule has 1 saturated heterocycles. The van der Waals surface area contributed by atoms with E-state index in [1.807, 2.05) is 11.8 Å². The van der Waals surface area contributed by atoms with E-state index >= 15 is 0 Å². The highest BCUT2D eigenvalue weighted by atomic mass is 32.2. The first-order valence-electron chi connectivity index (χ1n) is 4.64. The van der Waals surface area contributed by atoms with Crippen LogP contribution in [0.5, 0.6) is 0 Å². The van der Waals surface area contributed by atoms with Gasteiger partial charge in [-0.1, -0.05) is 0 Å². The fraction of sp³-hybridized carbons (Fsp3) is 0.556. The van der Waals surface area contributed by atoms with Gasteiger partial charge in [-0.2, -0.15) is 11.8 Å². The first-order chi connectivity index (χ1) is 6.77. The maximum Gasteiger partial charge on any atom is 0.255 e. The Balaban J connectivity index is 2.26. The van der Waals surface area contributed by atoms with E-state index in [4.69, 9.17) is 0 Å². The number of aromatic nitrogens is 2. The topological polar surface area (TPSA) is 57.8 Å². The Kier molecular flexibility index (Phi) is 2.88. The van der Waals surface area contributed by atoms with E-state index in [1.54, 1.807) is 13.1 Å². The largest absolute Gasteiger partial charge is 0.311 e. The molecule has 1 fully saturated rings. The predicted octanol–water partition coefficient (Wildman–Crippen LogP) is 0.456. The van der Waals surface area contributed by atoms with Crippen molar-refractivity contribution < 1.29 is 0 Å². The summed E-state index contributed by atoms with van der Waals surface area (Å²) in [5, 5.41) is 3.31. The number of hydrogen-bond donors (Lipinski definition) is 2. The Labute approximate surface area is 86.5 Å². The standard InChI is InChI=1S/C9H13N3OS/c1-6-11-4-7(9(13)12-6)8-5-14-3-2-10-8/h4,8,10H,2-3,5H2,1H3,(H,11,12,13). The highest BCUT2D eigenvalue weighted by Gasteiger charge is 2.17. The van der Waals surface area contributed by atoms with Crippen LogP contribution in [0.15, 0.2) is 11.0 Å². The van der Waals surface area contributed by atoms with Crippen molar-refractivity contribution in [2.45, 2.75) is 13.0 Å². The molecule has 0 radical (unpaired) electrons. The number of nitrogens with one attached hydrogen (secondary N) is 2. The Morgan fingerprint density at radius 3 is 3.14 bits per heavy atom. The van der Waals surface area contributed by atoms with Crippen LogP contribution in [0.4, 0.5) is 0 Å². The molecule has 0 spiro atoms. The zero-order chi connectivity index (χ0) is 9.97. The molecule has 1 aliphatic rings. The number of aryl methyl sites for hydroxylation is 1. The summed E-state index contributed by atoms with van der Waals surface area (Å²) in [6, 6.07) is 0.158. The van der Waals surface area contributed by atoms with Gasteiger partial charge in [-0.3, -0.25) is 4.79 Å². The molecule has 2 N–H and O–H groups in total. The van der Waals surface area contributed by atoms with Gasteiger partial charge in [0.15, 0.2) is 0 Å². The first kappa shape index (κ1) is 9.73. The van der Waals surface area contributed by atoms with E-state index in [9.17, 15) is 4.79 Å². The molecular formula is C9H13N3OS. The Bertz CT molecular complexity index is 371. The second kappa shape index (κ2) is 4.14. The van der Waals surface area contributed by atoms with Gasteiger partial charge in [0, 0.05) is 30.3 Å². The van der Waals surface area contributed by atoms with Crippen LogP contribution < -0.4 is 10.9 Å². The summed E-state index contributed by atoms with van der Waals surface area (Å²) in [4.78, 5) is 18.4. The van der Waals surface area contributed by atoms with Crippen LogP contribution in [0.25, 0.3) is 0 Å². The highest BCUT2D eigenvalue weighted by molar-refractivity contribution is 7.99. The van der Waals surface area contributed by atoms with Gasteiger partial charge in [-0.25, -0.2) is 4.98 Å². The average molecular weight is 211 g/mol. The molecule has 5 heteroatoms. The van der Waals surface area contributed by atoms with Crippen molar-refractivity contribution in [3.8, 4) is 0 Å². The summed E-state index contributed by atoms with van der Waals surface area (Å²) in [5.74, 6) is 2.74. The summed E-state index contributed by atoms with van der Waals surface area (Å²) in [5.41, 5.74) is 0.736. The second-order valence-corrected chi connectivity index (χ2v) is 4.48. The van der Waals surface area contributed by atoms with Crippen molar-refractivity contribution in [1.29, 1.82) is 0 Å². The molecule has 14 heavy (non-hydrogen) atoms. The highest BCUT2D eigenvalue weighted by Crippen LogP contribution is 2.18. The lowest BCUT2D eigenvalue weighted by Crippen LogP contribution is -2.34. The predicted molar refractivity (Wildman–Crippen MR) is 57.7 cm³/mol. The molecule has 76 valence electrons. The molecule has 0 amide bonds. The minimum atomic E-state index is -0.0162. The Hall–Kier alpha value is -0.810. The summed E-state index contributed by atoms with van der Waals surface area (Å²) >= 11 is 1.87. The number of nitrogens with zero attached hydrogens (tertiary/aromatic N) is 1. The van der Waals surface area contributed by atoms with Crippen LogP contribution in [0.2, 0.25) is 0 Å². The zero-order valence-electron chi connectivity index (χ0n) is 8.04. The maximum absolute atomic E-state index is 11.6. The molecule has 2 rings (SSSR count). The fourth-order valence-electron chi connectivity index (χ4n) is 1.51. The molecule has 1 atom stereocenters. The summed E-state index contributed by atoms with van der Waals surface area (Å²) in [6.45, 7) is 2.75. The molecule has 0 aliphatic carbocycles. The normalized spacial score (nSPS) is 22.2. The van der Waals surface area contributed by atoms with E-state index in [0.29, 0.717) is 5.82 Å². The van der Waals surface area contributed by atoms with Gasteiger partial charge in [0.25, 0.3) is 5.56 Å². The van der Waals surface area contributed by atoms with Crippen molar-refractivity contribution in [1.82, 2.24) is 15.3 Å². The molecular weight excluding hydrogens is 198 g/mol. The third kappa shape index (κ3) is 1.99. The van der Waals surface area contributed by atoms with Gasteiger partial charge in [0.2, 0.25) is 0 Å². The maximum atomic E-state index is 11.6. The smallest absolute Gasteiger partial charge is 0.255 e. The van der Waals surface area contributed by atoms with Crippen LogP contribution in [0.1, 0.15) is 17.4 Å². The summed E-state index contributed by atoms with van der Waals surface area (Å²) < 4.78 is 0. The summed E-state index contributed by atoms with van der Waals surface area (Å²) in [7, 11) is 0. The zero-order valence-corrected chi connectivity index (χ0v) is 8.86. The third-order valence-corrected chi connectivity index (χ3v) is 3.31. The molecule has 4 nitrogen and oxygen atoms in total. The molecule has 0 bridgehead atoms. The van der Waals surface area contributed by atoms with Gasteiger partial charge >= 0.3 is 0 Å². The number of hydrogen-bond acceptors (Lipinski definition) is 4. The van der Waals surface area contributed by atoms with Crippen LogP contribution >= 0.6 is 11.8 Å². The lowest BCUT2D eigenvalue weighted by atomic mass is 10.2. The minimum absolute atomic E-state index is 0.0162. The number of thioether (sulfide) groups is 1. The molecule has 1 unspecified atom stereocenters. The SMILES string of the molecule is Cc1ncc(C2CSCCN2)c(=O)[nH]1. The Morgan fingerprint density at radius 2 is 2.50 bits per heavy atom. The van der Waals surface area contributed by atoms with Crippen molar-refractivity contribution >= 4 is 11.8 Å². The van der Waals surface area contributed by atoms with Crippen LogP contribution in [0, 0.1) is 6.92 Å².